The summed E-state index contributed by atoms with van der Waals surface area (Å²) < 4.78 is 11.1. The van der Waals surface area contributed by atoms with Gasteiger partial charge >= 0.3 is 0 Å². The van der Waals surface area contributed by atoms with Crippen LogP contribution in [0, 0.1) is 10.1 Å². The summed E-state index contributed by atoms with van der Waals surface area (Å²) in [6.07, 6.45) is 2.93. The van der Waals surface area contributed by atoms with E-state index in [9.17, 15) is 34.1 Å². The van der Waals surface area contributed by atoms with Crippen molar-refractivity contribution in [1.82, 2.24) is 26.7 Å². The second-order valence-corrected chi connectivity index (χ2v) is 13.7. The average Bonchev–Trinajstić information content (AvgIpc) is 3.26. The van der Waals surface area contributed by atoms with Crippen LogP contribution in [-0.2, 0) is 35.1 Å². The number of guanidine groups is 1. The van der Waals surface area contributed by atoms with E-state index in [1.165, 1.54) is 12.2 Å². The first-order valence-corrected chi connectivity index (χ1v) is 19.7. The topological polar surface area (TPSA) is 258 Å². The highest BCUT2D eigenvalue weighted by molar-refractivity contribution is 6.05. The Morgan fingerprint density at radius 3 is 1.90 bits per heavy atom. The first-order chi connectivity index (χ1) is 30.0. The van der Waals surface area contributed by atoms with Crippen molar-refractivity contribution in [1.29, 1.82) is 0 Å². The lowest BCUT2D eigenvalue weighted by Crippen LogP contribution is -2.59. The summed E-state index contributed by atoms with van der Waals surface area (Å²) in [6.45, 7) is 6.79. The molecular weight excluding hydrogens is 799 g/mol. The number of hydrazine groups is 1. The number of nitro groups is 1. The number of carbonyl (C=O) groups excluding carboxylic acids is 5. The van der Waals surface area contributed by atoms with Crippen LogP contribution >= 0.6 is 0 Å². The van der Waals surface area contributed by atoms with E-state index in [1.807, 2.05) is 30.3 Å². The first-order valence-electron chi connectivity index (χ1n) is 19.7. The molecule has 0 radical (unpaired) electrons. The van der Waals surface area contributed by atoms with E-state index in [-0.39, 0.29) is 52.2 Å². The highest BCUT2D eigenvalue weighted by atomic mass is 16.7. The van der Waals surface area contributed by atoms with Crippen LogP contribution in [0.1, 0.15) is 28.8 Å². The summed E-state index contributed by atoms with van der Waals surface area (Å²) in [5, 5.41) is 25.2. The summed E-state index contributed by atoms with van der Waals surface area (Å²) >= 11 is 0. The quantitative estimate of drug-likeness (QED) is 0.0127. The number of hydrogen-bond acceptors (Lipinski definition) is 10. The van der Waals surface area contributed by atoms with Gasteiger partial charge in [0, 0.05) is 29.6 Å². The Balaban J connectivity index is 1.61. The number of nitrogens with two attached hydrogens (primary N) is 1. The minimum absolute atomic E-state index is 0.0293. The zero-order valence-electron chi connectivity index (χ0n) is 34.0. The Morgan fingerprint density at radius 1 is 0.694 bits per heavy atom. The number of fused-ring (bicyclic) bond motifs is 1. The number of amides is 5. The number of aliphatic imine (C=N–C) groups is 1. The zero-order valence-corrected chi connectivity index (χ0v) is 34.0. The van der Waals surface area contributed by atoms with Gasteiger partial charge < -0.3 is 41.8 Å². The number of rotatable bonds is 25. The zero-order chi connectivity index (χ0) is 44.7. The van der Waals surface area contributed by atoms with E-state index >= 15 is 0 Å². The van der Waals surface area contributed by atoms with Crippen LogP contribution in [0.15, 0.2) is 133 Å². The molecule has 326 valence electrons. The molecule has 0 fully saturated rings. The van der Waals surface area contributed by atoms with Crippen molar-refractivity contribution in [3.05, 3.63) is 150 Å². The lowest BCUT2D eigenvalue weighted by molar-refractivity contribution is -0.525. The number of anilines is 1. The smallest absolute Gasteiger partial charge is 0.251 e. The molecule has 0 heterocycles. The number of nitrogens with one attached hydrogen (secondary N) is 6. The van der Waals surface area contributed by atoms with Crippen molar-refractivity contribution >= 4 is 52.0 Å². The fourth-order valence-corrected chi connectivity index (χ4v) is 6.06. The van der Waals surface area contributed by atoms with Gasteiger partial charge in [0.05, 0.1) is 26.4 Å². The van der Waals surface area contributed by atoms with Crippen LogP contribution < -0.4 is 37.7 Å². The molecule has 8 N–H and O–H groups in total. The molecule has 18 heteroatoms. The van der Waals surface area contributed by atoms with E-state index in [0.29, 0.717) is 16.8 Å². The van der Waals surface area contributed by atoms with Crippen molar-refractivity contribution in [2.24, 2.45) is 10.7 Å². The second-order valence-electron chi connectivity index (χ2n) is 13.7. The van der Waals surface area contributed by atoms with Crippen LogP contribution in [0.4, 0.5) is 5.69 Å². The molecule has 0 spiro atoms. The maximum absolute atomic E-state index is 14.3. The van der Waals surface area contributed by atoms with E-state index in [1.54, 1.807) is 78.2 Å². The summed E-state index contributed by atoms with van der Waals surface area (Å²) in [4.78, 5) is 84.1. The molecule has 0 aromatic heterocycles. The van der Waals surface area contributed by atoms with Crippen LogP contribution in [0.3, 0.4) is 0 Å². The van der Waals surface area contributed by atoms with Gasteiger partial charge in [-0.15, -0.1) is 13.2 Å². The normalized spacial score (nSPS) is 13.0. The highest BCUT2D eigenvalue weighted by Gasteiger charge is 2.32. The van der Waals surface area contributed by atoms with Crippen molar-refractivity contribution in [2.45, 2.75) is 43.4 Å². The summed E-state index contributed by atoms with van der Waals surface area (Å²) in [5.74, 6) is -3.94. The van der Waals surface area contributed by atoms with Crippen LogP contribution in [-0.4, -0.2) is 97.7 Å². The van der Waals surface area contributed by atoms with Gasteiger partial charge in [0.2, 0.25) is 23.6 Å². The lowest BCUT2D eigenvalue weighted by Gasteiger charge is -2.27. The lowest BCUT2D eigenvalue weighted by atomic mass is 10.0. The minimum atomic E-state index is -1.34. The highest BCUT2D eigenvalue weighted by Crippen LogP contribution is 2.23. The number of nitrogens with zero attached hydrogens (tertiary/aromatic N) is 2. The monoisotopic (exact) mass is 849 g/mol. The van der Waals surface area contributed by atoms with Gasteiger partial charge in [0.15, 0.2) is 5.03 Å². The fourth-order valence-electron chi connectivity index (χ4n) is 6.06. The van der Waals surface area contributed by atoms with E-state index < -0.39 is 64.7 Å². The van der Waals surface area contributed by atoms with Crippen molar-refractivity contribution < 1.29 is 38.5 Å². The molecular formula is C44H51N9O9. The largest absolute Gasteiger partial charge is 0.375 e. The van der Waals surface area contributed by atoms with E-state index in [2.05, 4.69) is 44.7 Å². The minimum Gasteiger partial charge on any atom is -0.375 e. The first kappa shape index (κ1) is 47.2. The van der Waals surface area contributed by atoms with Crippen LogP contribution in [0.5, 0.6) is 0 Å². The second kappa shape index (κ2) is 25.2. The standard InChI is InChI=1S/C44H51N9O9/c1-3-25-61-28-37(50-39(54)32-18-9-6-10-19-32)43(58)49-36(27-30-15-7-5-8-16-30)41(56)48-35(23-14-24-46-44(45)52-53(59)60)40(55)51-38(29-62-26-4-2)42(57)47-34-22-13-20-31-17-11-12-21-33(31)34/h3-13,15-22,35-38H,1-2,14,23-29H2,(H,47,57)(H,48,56)(H,49,58)(H,50,54)(H,51,55)(H3,45,46,52)/t35-,36+,37-,38-/m0/s1. The van der Waals surface area contributed by atoms with Crippen molar-refractivity contribution in [3.63, 3.8) is 0 Å². The molecule has 4 aromatic carbocycles. The number of carbonyl (C=O) groups is 5. The van der Waals surface area contributed by atoms with Gasteiger partial charge in [0.1, 0.15) is 24.2 Å². The van der Waals surface area contributed by atoms with Gasteiger partial charge in [-0.05, 0) is 42.0 Å². The molecule has 4 atom stereocenters. The molecule has 0 saturated heterocycles. The molecule has 0 aliphatic carbocycles. The van der Waals surface area contributed by atoms with Gasteiger partial charge in [-0.2, -0.15) is 0 Å². The molecule has 4 rings (SSSR count). The van der Waals surface area contributed by atoms with Crippen molar-refractivity contribution in [2.75, 3.05) is 38.3 Å². The molecule has 18 nitrogen and oxygen atoms in total. The maximum atomic E-state index is 14.3. The van der Waals surface area contributed by atoms with Crippen LogP contribution in [0.25, 0.3) is 10.8 Å². The molecule has 0 aliphatic heterocycles. The third-order valence-corrected chi connectivity index (χ3v) is 9.07. The Labute approximate surface area is 358 Å². The van der Waals surface area contributed by atoms with Gasteiger partial charge in [-0.3, -0.25) is 24.0 Å². The van der Waals surface area contributed by atoms with Gasteiger partial charge in [-0.25, -0.2) is 15.1 Å². The number of benzene rings is 4. The molecule has 0 bridgehead atoms. The van der Waals surface area contributed by atoms with Gasteiger partial charge in [-0.1, -0.05) is 103 Å². The number of hydrogen-bond donors (Lipinski definition) is 7. The Kier molecular flexibility index (Phi) is 19.2. The SMILES string of the molecule is C=CCOC[C@H](NC(=O)c1ccccc1)C(=O)N[C@H](Cc1ccccc1)C(=O)N[C@@H](CCCN=C(N)N[N+](=O)[O-])C(=O)N[C@@H](COCC=C)C(=O)Nc1cccc2ccccc12. The maximum Gasteiger partial charge on any atom is 0.251 e. The summed E-state index contributed by atoms with van der Waals surface area (Å²) in [6, 6.07) is 24.7. The van der Waals surface area contributed by atoms with Crippen molar-refractivity contribution in [3.8, 4) is 0 Å². The Morgan fingerprint density at radius 2 is 1.24 bits per heavy atom. The molecule has 62 heavy (non-hydrogen) atoms. The molecule has 5 amide bonds. The molecule has 0 unspecified atom stereocenters. The van der Waals surface area contributed by atoms with E-state index in [4.69, 9.17) is 15.2 Å². The fraction of sp³-hybridized carbons (Fsp3) is 0.273. The Hall–Kier alpha value is -7.44. The third-order valence-electron chi connectivity index (χ3n) is 9.07. The predicted molar refractivity (Wildman–Crippen MR) is 234 cm³/mol. The van der Waals surface area contributed by atoms with E-state index in [0.717, 1.165) is 10.8 Å². The predicted octanol–water partition coefficient (Wildman–Crippen LogP) is 2.56. The van der Waals surface area contributed by atoms with Crippen LogP contribution in [0.2, 0.25) is 0 Å². The molecule has 0 aliphatic rings. The number of ether oxygens (including phenoxy) is 2. The Bertz CT molecular complexity index is 2180. The summed E-state index contributed by atoms with van der Waals surface area (Å²) in [7, 11) is 0. The third kappa shape index (κ3) is 15.6. The molecule has 4 aromatic rings. The summed E-state index contributed by atoms with van der Waals surface area (Å²) in [5.41, 5.74) is 8.76. The van der Waals surface area contributed by atoms with Gasteiger partial charge in [0.25, 0.3) is 11.9 Å². The molecule has 0 saturated carbocycles. The average molecular weight is 850 g/mol.